The van der Waals surface area contributed by atoms with Gasteiger partial charge in [-0.05, 0) is 24.1 Å². The molecule has 1 saturated heterocycles. The lowest BCUT2D eigenvalue weighted by Crippen LogP contribution is -2.37. The Bertz CT molecular complexity index is 1040. The number of para-hydroxylation sites is 1. The maximum Gasteiger partial charge on any atom is 0.225 e. The number of fused-ring (bicyclic) bond motifs is 3. The van der Waals surface area contributed by atoms with Gasteiger partial charge < -0.3 is 14.8 Å². The van der Waals surface area contributed by atoms with Crippen molar-refractivity contribution in [2.45, 2.75) is 18.8 Å². The number of rotatable bonds is 6. The molecule has 3 heterocycles. The summed E-state index contributed by atoms with van der Waals surface area (Å²) < 4.78 is 11.6. The largest absolute Gasteiger partial charge is 0.493 e. The van der Waals surface area contributed by atoms with Gasteiger partial charge in [0.05, 0.1) is 37.2 Å². The average molecular weight is 406 g/mol. The van der Waals surface area contributed by atoms with Gasteiger partial charge in [0, 0.05) is 42.9 Å². The zero-order chi connectivity index (χ0) is 20.3. The van der Waals surface area contributed by atoms with Gasteiger partial charge in [-0.15, -0.1) is 0 Å². The Morgan fingerprint density at radius 3 is 2.90 bits per heavy atom. The number of hydrogen-bond acceptors (Lipinski definition) is 5. The predicted octanol–water partition coefficient (Wildman–Crippen LogP) is 3.14. The molecule has 1 amide bonds. The van der Waals surface area contributed by atoms with Crippen molar-refractivity contribution in [2.75, 3.05) is 44.8 Å². The van der Waals surface area contributed by atoms with Crippen molar-refractivity contribution in [3.05, 3.63) is 53.7 Å². The van der Waals surface area contributed by atoms with E-state index >= 15 is 0 Å². The van der Waals surface area contributed by atoms with Gasteiger partial charge in [0.25, 0.3) is 0 Å². The van der Waals surface area contributed by atoms with Crippen LogP contribution in [0, 0.1) is 0 Å². The molecule has 0 saturated carbocycles. The molecule has 1 aromatic heterocycles. The minimum absolute atomic E-state index is 0.0170. The Labute approximate surface area is 175 Å². The van der Waals surface area contributed by atoms with E-state index in [0.29, 0.717) is 13.0 Å². The Morgan fingerprint density at radius 1 is 1.13 bits per heavy atom. The minimum atomic E-state index is -0.0384. The summed E-state index contributed by atoms with van der Waals surface area (Å²) in [5.74, 6) is 0.837. The van der Waals surface area contributed by atoms with E-state index in [4.69, 9.17) is 9.47 Å². The maximum absolute atomic E-state index is 12.5. The molecule has 156 valence electrons. The number of ether oxygens (including phenoxy) is 2. The summed E-state index contributed by atoms with van der Waals surface area (Å²) in [6, 6.07) is 12.2. The fourth-order valence-corrected chi connectivity index (χ4v) is 4.42. The maximum atomic E-state index is 12.5. The molecule has 7 nitrogen and oxygen atoms in total. The first-order chi connectivity index (χ1) is 14.8. The molecule has 2 aliphatic heterocycles. The fourth-order valence-electron chi connectivity index (χ4n) is 4.42. The first-order valence-electron chi connectivity index (χ1n) is 10.6. The fraction of sp³-hybridized carbons (Fsp3) is 0.391. The van der Waals surface area contributed by atoms with Crippen molar-refractivity contribution >= 4 is 22.5 Å². The summed E-state index contributed by atoms with van der Waals surface area (Å²) in [5, 5.41) is 11.1. The molecular weight excluding hydrogens is 380 g/mol. The van der Waals surface area contributed by atoms with Gasteiger partial charge in [0.2, 0.25) is 5.91 Å². The molecule has 5 rings (SSSR count). The van der Waals surface area contributed by atoms with Gasteiger partial charge in [-0.25, -0.2) is 0 Å². The van der Waals surface area contributed by atoms with E-state index in [0.717, 1.165) is 72.7 Å². The second kappa shape index (κ2) is 8.45. The molecule has 0 radical (unpaired) electrons. The number of H-pyrrole nitrogens is 1. The van der Waals surface area contributed by atoms with Gasteiger partial charge >= 0.3 is 0 Å². The summed E-state index contributed by atoms with van der Waals surface area (Å²) in [6.07, 6.45) is 3.14. The van der Waals surface area contributed by atoms with Crippen molar-refractivity contribution < 1.29 is 14.3 Å². The SMILES string of the molecule is O=C1CC(c2ccccc2OCCCN2CCOCC2)c2ccc3[nH]ncc3c2N1. The number of benzene rings is 2. The van der Waals surface area contributed by atoms with Crippen LogP contribution in [0.3, 0.4) is 0 Å². The number of aromatic amines is 1. The Kier molecular flexibility index (Phi) is 5.38. The third-order valence-electron chi connectivity index (χ3n) is 5.96. The molecule has 1 fully saturated rings. The number of morpholine rings is 1. The van der Waals surface area contributed by atoms with Crippen molar-refractivity contribution in [2.24, 2.45) is 0 Å². The first kappa shape index (κ1) is 19.1. The van der Waals surface area contributed by atoms with E-state index in [1.54, 1.807) is 6.20 Å². The zero-order valence-electron chi connectivity index (χ0n) is 16.9. The number of nitrogens with one attached hydrogen (secondary N) is 2. The van der Waals surface area contributed by atoms with Crippen LogP contribution in [0.1, 0.15) is 29.9 Å². The lowest BCUT2D eigenvalue weighted by atomic mass is 9.83. The number of amides is 1. The standard InChI is InChI=1S/C23H26N4O3/c28-22-14-18(17-6-7-20-19(15-24-26-20)23(17)25-22)16-4-1-2-5-21(16)30-11-3-8-27-9-12-29-13-10-27/h1-2,4-7,15,18H,3,8-14H2,(H,24,26)(H,25,28). The number of hydrogen-bond donors (Lipinski definition) is 2. The Hall–Kier alpha value is -2.90. The molecule has 3 aromatic rings. The van der Waals surface area contributed by atoms with Crippen LogP contribution in [0.5, 0.6) is 5.75 Å². The van der Waals surface area contributed by atoms with Crippen molar-refractivity contribution in [3.8, 4) is 5.75 Å². The van der Waals surface area contributed by atoms with E-state index < -0.39 is 0 Å². The van der Waals surface area contributed by atoms with Gasteiger partial charge in [0.15, 0.2) is 0 Å². The second-order valence-corrected chi connectivity index (χ2v) is 7.86. The molecular formula is C23H26N4O3. The molecule has 30 heavy (non-hydrogen) atoms. The van der Waals surface area contributed by atoms with Crippen LogP contribution in [-0.4, -0.2) is 60.5 Å². The Morgan fingerprint density at radius 2 is 2.00 bits per heavy atom. The first-order valence-corrected chi connectivity index (χ1v) is 10.6. The van der Waals surface area contributed by atoms with Gasteiger partial charge in [-0.3, -0.25) is 14.8 Å². The van der Waals surface area contributed by atoms with Crippen LogP contribution in [0.4, 0.5) is 5.69 Å². The number of anilines is 1. The molecule has 1 unspecified atom stereocenters. The van der Waals surface area contributed by atoms with Crippen molar-refractivity contribution in [1.82, 2.24) is 15.1 Å². The molecule has 0 bridgehead atoms. The molecule has 7 heteroatoms. The van der Waals surface area contributed by atoms with Crippen molar-refractivity contribution in [3.63, 3.8) is 0 Å². The van der Waals surface area contributed by atoms with E-state index in [2.05, 4.69) is 32.5 Å². The summed E-state index contributed by atoms with van der Waals surface area (Å²) in [7, 11) is 0. The van der Waals surface area contributed by atoms with Crippen LogP contribution in [0.25, 0.3) is 10.9 Å². The number of nitrogens with zero attached hydrogens (tertiary/aromatic N) is 2. The highest BCUT2D eigenvalue weighted by Gasteiger charge is 2.30. The van der Waals surface area contributed by atoms with E-state index in [1.165, 1.54) is 0 Å². The van der Waals surface area contributed by atoms with Gasteiger partial charge in [-0.1, -0.05) is 24.3 Å². The molecule has 1 atom stereocenters. The second-order valence-electron chi connectivity index (χ2n) is 7.86. The molecule has 2 aromatic carbocycles. The number of aromatic nitrogens is 2. The van der Waals surface area contributed by atoms with E-state index in [-0.39, 0.29) is 11.8 Å². The average Bonchev–Trinajstić information content (AvgIpc) is 3.27. The molecule has 2 N–H and O–H groups in total. The van der Waals surface area contributed by atoms with Crippen LogP contribution < -0.4 is 10.1 Å². The van der Waals surface area contributed by atoms with Crippen LogP contribution >= 0.6 is 0 Å². The van der Waals surface area contributed by atoms with Crippen LogP contribution in [0.15, 0.2) is 42.6 Å². The summed E-state index contributed by atoms with van der Waals surface area (Å²) in [6.45, 7) is 5.28. The summed E-state index contributed by atoms with van der Waals surface area (Å²) in [5.41, 5.74) is 3.93. The molecule has 0 aliphatic carbocycles. The third kappa shape index (κ3) is 3.78. The van der Waals surface area contributed by atoms with E-state index in [9.17, 15) is 4.79 Å². The highest BCUT2D eigenvalue weighted by atomic mass is 16.5. The lowest BCUT2D eigenvalue weighted by Gasteiger charge is -2.28. The van der Waals surface area contributed by atoms with Crippen molar-refractivity contribution in [1.29, 1.82) is 0 Å². The zero-order valence-corrected chi connectivity index (χ0v) is 16.9. The lowest BCUT2D eigenvalue weighted by molar-refractivity contribution is -0.116. The van der Waals surface area contributed by atoms with E-state index in [1.807, 2.05) is 24.3 Å². The van der Waals surface area contributed by atoms with Gasteiger partial charge in [-0.2, -0.15) is 5.10 Å². The quantitative estimate of drug-likeness (QED) is 0.615. The molecule has 0 spiro atoms. The summed E-state index contributed by atoms with van der Waals surface area (Å²) >= 11 is 0. The predicted molar refractivity (Wildman–Crippen MR) is 115 cm³/mol. The monoisotopic (exact) mass is 406 g/mol. The van der Waals surface area contributed by atoms with Crippen LogP contribution in [-0.2, 0) is 9.53 Å². The normalized spacial score (nSPS) is 19.5. The highest BCUT2D eigenvalue weighted by Crippen LogP contribution is 2.43. The third-order valence-corrected chi connectivity index (χ3v) is 5.96. The Balaban J connectivity index is 1.35. The summed E-state index contributed by atoms with van der Waals surface area (Å²) in [4.78, 5) is 14.9. The van der Waals surface area contributed by atoms with Crippen LogP contribution in [0.2, 0.25) is 0 Å². The number of carbonyl (C=O) groups excluding carboxylic acids is 1. The molecule has 2 aliphatic rings. The highest BCUT2D eigenvalue weighted by molar-refractivity contribution is 6.05. The number of carbonyl (C=O) groups is 1. The smallest absolute Gasteiger partial charge is 0.225 e. The topological polar surface area (TPSA) is 79.5 Å². The van der Waals surface area contributed by atoms with Gasteiger partial charge in [0.1, 0.15) is 5.75 Å². The minimum Gasteiger partial charge on any atom is -0.493 e.